The van der Waals surface area contributed by atoms with Crippen LogP contribution in [0.5, 0.6) is 0 Å². The largest absolute Gasteiger partial charge is 0.388 e. The van der Waals surface area contributed by atoms with Gasteiger partial charge < -0.3 is 10.8 Å². The molecule has 1 rings (SSSR count). The third-order valence-electron chi connectivity index (χ3n) is 2.92. The van der Waals surface area contributed by atoms with E-state index in [1.807, 2.05) is 0 Å². The summed E-state index contributed by atoms with van der Waals surface area (Å²) in [5.74, 6) is 0. The van der Waals surface area contributed by atoms with Gasteiger partial charge in [0.05, 0.1) is 16.1 Å². The topological polar surface area (TPSA) is 46.2 Å². The third kappa shape index (κ3) is 4.94. The average Bonchev–Trinajstić information content (AvgIpc) is 2.20. The highest BCUT2D eigenvalue weighted by molar-refractivity contribution is 6.42. The van der Waals surface area contributed by atoms with Gasteiger partial charge in [-0.15, -0.1) is 12.4 Å². The zero-order valence-corrected chi connectivity index (χ0v) is 13.1. The minimum atomic E-state index is -0.612. The van der Waals surface area contributed by atoms with Crippen LogP contribution in [0.15, 0.2) is 18.2 Å². The molecule has 2 nitrogen and oxygen atoms in total. The first-order valence-corrected chi connectivity index (χ1v) is 6.36. The molecular formula is C13H20Cl3NO. The molecule has 5 heteroatoms. The fraction of sp³-hybridized carbons (Fsp3) is 0.538. The fourth-order valence-corrected chi connectivity index (χ4v) is 1.76. The van der Waals surface area contributed by atoms with E-state index in [0.717, 1.165) is 5.56 Å². The van der Waals surface area contributed by atoms with Crippen LogP contribution >= 0.6 is 35.6 Å². The second kappa shape index (κ2) is 6.97. The molecule has 1 aromatic carbocycles. The zero-order chi connectivity index (χ0) is 13.2. The standard InChI is InChI=1S/C13H19Cl2NO.ClH/c1-13(2,3)12(16)7-11(17)8-4-5-9(14)10(15)6-8;/h4-6,11-12,17H,7,16H2,1-3H3;1H/t11-,12-;/m0./s1. The molecule has 18 heavy (non-hydrogen) atoms. The molecule has 0 bridgehead atoms. The Bertz CT molecular complexity index is 390. The fourth-order valence-electron chi connectivity index (χ4n) is 1.45. The van der Waals surface area contributed by atoms with Crippen LogP contribution < -0.4 is 5.73 Å². The van der Waals surface area contributed by atoms with E-state index >= 15 is 0 Å². The molecule has 2 atom stereocenters. The molecule has 0 aliphatic carbocycles. The summed E-state index contributed by atoms with van der Waals surface area (Å²) < 4.78 is 0. The van der Waals surface area contributed by atoms with Gasteiger partial charge in [0, 0.05) is 6.04 Å². The summed E-state index contributed by atoms with van der Waals surface area (Å²) in [5.41, 5.74) is 6.76. The summed E-state index contributed by atoms with van der Waals surface area (Å²) in [4.78, 5) is 0. The Kier molecular flexibility index (Phi) is 6.97. The summed E-state index contributed by atoms with van der Waals surface area (Å²) in [5, 5.41) is 11.0. The average molecular weight is 313 g/mol. The monoisotopic (exact) mass is 311 g/mol. The zero-order valence-electron chi connectivity index (χ0n) is 10.8. The summed E-state index contributed by atoms with van der Waals surface area (Å²) in [7, 11) is 0. The van der Waals surface area contributed by atoms with Gasteiger partial charge in [0.25, 0.3) is 0 Å². The Morgan fingerprint density at radius 1 is 1.22 bits per heavy atom. The van der Waals surface area contributed by atoms with Gasteiger partial charge in [0.2, 0.25) is 0 Å². The van der Waals surface area contributed by atoms with Gasteiger partial charge in [-0.1, -0.05) is 50.0 Å². The maximum absolute atomic E-state index is 10.1. The maximum Gasteiger partial charge on any atom is 0.0805 e. The molecule has 0 spiro atoms. The van der Waals surface area contributed by atoms with E-state index in [4.69, 9.17) is 28.9 Å². The van der Waals surface area contributed by atoms with Gasteiger partial charge in [0.1, 0.15) is 0 Å². The van der Waals surface area contributed by atoms with Gasteiger partial charge in [0.15, 0.2) is 0 Å². The molecule has 104 valence electrons. The molecule has 0 fully saturated rings. The van der Waals surface area contributed by atoms with Crippen LogP contribution in [0, 0.1) is 5.41 Å². The van der Waals surface area contributed by atoms with Crippen LogP contribution in [0.1, 0.15) is 38.9 Å². The van der Waals surface area contributed by atoms with Crippen LogP contribution in [-0.2, 0) is 0 Å². The summed E-state index contributed by atoms with van der Waals surface area (Å²) in [6.45, 7) is 6.16. The van der Waals surface area contributed by atoms with Crippen molar-refractivity contribution in [2.45, 2.75) is 39.3 Å². The predicted molar refractivity (Wildman–Crippen MR) is 80.7 cm³/mol. The second-order valence-electron chi connectivity index (χ2n) is 5.40. The first-order valence-electron chi connectivity index (χ1n) is 5.60. The SMILES string of the molecule is CC(C)(C)[C@@H](N)C[C@H](O)c1ccc(Cl)c(Cl)c1.Cl. The van der Waals surface area contributed by atoms with Gasteiger partial charge in [-0.3, -0.25) is 0 Å². The van der Waals surface area contributed by atoms with Crippen LogP contribution in [0.4, 0.5) is 0 Å². The van der Waals surface area contributed by atoms with Crippen molar-refractivity contribution in [1.82, 2.24) is 0 Å². The van der Waals surface area contributed by atoms with Gasteiger partial charge in [-0.25, -0.2) is 0 Å². The number of hydrogen-bond donors (Lipinski definition) is 2. The molecule has 1 aromatic rings. The van der Waals surface area contributed by atoms with E-state index in [1.165, 1.54) is 0 Å². The quantitative estimate of drug-likeness (QED) is 0.878. The molecule has 0 unspecified atom stereocenters. The van der Waals surface area contributed by atoms with Crippen LogP contribution in [-0.4, -0.2) is 11.1 Å². The van der Waals surface area contributed by atoms with Gasteiger partial charge >= 0.3 is 0 Å². The van der Waals surface area contributed by atoms with Crippen molar-refractivity contribution in [3.8, 4) is 0 Å². The van der Waals surface area contributed by atoms with E-state index in [9.17, 15) is 5.11 Å². The minimum absolute atomic E-state index is 0. The van der Waals surface area contributed by atoms with Crippen molar-refractivity contribution in [2.24, 2.45) is 11.1 Å². The van der Waals surface area contributed by atoms with Crippen molar-refractivity contribution in [3.63, 3.8) is 0 Å². The lowest BCUT2D eigenvalue weighted by Gasteiger charge is -2.29. The molecule has 0 amide bonds. The number of nitrogens with two attached hydrogens (primary N) is 1. The number of aliphatic hydroxyl groups is 1. The molecular weight excluding hydrogens is 293 g/mol. The van der Waals surface area contributed by atoms with Gasteiger partial charge in [-0.05, 0) is 29.5 Å². The first-order chi connectivity index (χ1) is 7.71. The number of halogens is 3. The normalized spacial score (nSPS) is 14.8. The molecule has 0 heterocycles. The second-order valence-corrected chi connectivity index (χ2v) is 6.21. The van der Waals surface area contributed by atoms with E-state index in [-0.39, 0.29) is 23.9 Å². The lowest BCUT2D eigenvalue weighted by atomic mass is 9.83. The van der Waals surface area contributed by atoms with E-state index in [2.05, 4.69) is 20.8 Å². The lowest BCUT2D eigenvalue weighted by Crippen LogP contribution is -2.36. The van der Waals surface area contributed by atoms with Crippen molar-refractivity contribution in [2.75, 3.05) is 0 Å². The Morgan fingerprint density at radius 3 is 2.22 bits per heavy atom. The molecule has 0 aliphatic heterocycles. The van der Waals surface area contributed by atoms with Crippen molar-refractivity contribution >= 4 is 35.6 Å². The van der Waals surface area contributed by atoms with E-state index in [1.54, 1.807) is 18.2 Å². The molecule has 0 aromatic heterocycles. The Hall–Kier alpha value is 0.01000. The summed E-state index contributed by atoms with van der Waals surface area (Å²) >= 11 is 11.7. The molecule has 0 radical (unpaired) electrons. The number of rotatable bonds is 3. The first kappa shape index (κ1) is 18.0. The van der Waals surface area contributed by atoms with Gasteiger partial charge in [-0.2, -0.15) is 0 Å². The summed E-state index contributed by atoms with van der Waals surface area (Å²) in [6, 6.07) is 5.07. The number of hydrogen-bond acceptors (Lipinski definition) is 2. The highest BCUT2D eigenvalue weighted by Crippen LogP contribution is 2.30. The van der Waals surface area contributed by atoms with E-state index < -0.39 is 6.10 Å². The Labute approximate surface area is 125 Å². The smallest absolute Gasteiger partial charge is 0.0805 e. The number of benzene rings is 1. The summed E-state index contributed by atoms with van der Waals surface area (Å²) in [6.07, 6.45) is -0.111. The third-order valence-corrected chi connectivity index (χ3v) is 3.66. The van der Waals surface area contributed by atoms with Crippen LogP contribution in [0.3, 0.4) is 0 Å². The maximum atomic E-state index is 10.1. The molecule has 0 saturated heterocycles. The molecule has 3 N–H and O–H groups in total. The lowest BCUT2D eigenvalue weighted by molar-refractivity contribution is 0.133. The highest BCUT2D eigenvalue weighted by atomic mass is 35.5. The predicted octanol–water partition coefficient (Wildman–Crippen LogP) is 4.21. The van der Waals surface area contributed by atoms with Crippen molar-refractivity contribution in [3.05, 3.63) is 33.8 Å². The Morgan fingerprint density at radius 2 is 1.78 bits per heavy atom. The molecule has 0 saturated carbocycles. The van der Waals surface area contributed by atoms with Crippen LogP contribution in [0.25, 0.3) is 0 Å². The van der Waals surface area contributed by atoms with E-state index in [0.29, 0.717) is 16.5 Å². The van der Waals surface area contributed by atoms with Crippen molar-refractivity contribution in [1.29, 1.82) is 0 Å². The Balaban J connectivity index is 0.00000289. The minimum Gasteiger partial charge on any atom is -0.388 e. The van der Waals surface area contributed by atoms with Crippen LogP contribution in [0.2, 0.25) is 10.0 Å². The number of aliphatic hydroxyl groups excluding tert-OH is 1. The molecule has 0 aliphatic rings. The highest BCUT2D eigenvalue weighted by Gasteiger charge is 2.24. The van der Waals surface area contributed by atoms with Crippen molar-refractivity contribution < 1.29 is 5.11 Å².